The maximum atomic E-state index is 12.9. The summed E-state index contributed by atoms with van der Waals surface area (Å²) in [7, 11) is -8.21. The van der Waals surface area contributed by atoms with E-state index in [1.807, 2.05) is 0 Å². The molecule has 0 bridgehead atoms. The standard InChI is InChI=1S/C22H15Cl2N3O6S3/c23-14-6-8-15(9-7-14)35(30,31)26-18-4-2-1-3-16(18)19-12-34-22(25-19)27-36(32,33)20-11-13(21(28)29)5-10-17(20)24/h1-12,26H,(H,25,27)(H,28,29). The number of anilines is 2. The van der Waals surface area contributed by atoms with E-state index in [1.165, 1.54) is 36.4 Å². The topological polar surface area (TPSA) is 143 Å². The quantitative estimate of drug-likeness (QED) is 0.251. The van der Waals surface area contributed by atoms with E-state index in [0.717, 1.165) is 17.4 Å². The zero-order chi connectivity index (χ0) is 26.1. The number of thiazole rings is 1. The molecule has 0 aliphatic carbocycles. The summed E-state index contributed by atoms with van der Waals surface area (Å²) in [5.74, 6) is -1.31. The molecule has 14 heteroatoms. The molecule has 3 aromatic carbocycles. The van der Waals surface area contributed by atoms with Crippen molar-refractivity contribution in [2.24, 2.45) is 0 Å². The number of carboxylic acids is 1. The predicted molar refractivity (Wildman–Crippen MR) is 139 cm³/mol. The number of rotatable bonds is 8. The molecule has 0 atom stereocenters. The molecule has 36 heavy (non-hydrogen) atoms. The molecule has 0 saturated carbocycles. The Bertz CT molecular complexity index is 1670. The highest BCUT2D eigenvalue weighted by atomic mass is 35.5. The third kappa shape index (κ3) is 5.63. The van der Waals surface area contributed by atoms with Gasteiger partial charge in [-0.25, -0.2) is 26.6 Å². The molecule has 3 N–H and O–H groups in total. The van der Waals surface area contributed by atoms with Gasteiger partial charge in [-0.2, -0.15) is 0 Å². The summed E-state index contributed by atoms with van der Waals surface area (Å²) in [5.41, 5.74) is 0.686. The number of carbonyl (C=O) groups is 1. The molecule has 1 heterocycles. The van der Waals surface area contributed by atoms with Crippen molar-refractivity contribution in [3.63, 3.8) is 0 Å². The van der Waals surface area contributed by atoms with Gasteiger partial charge in [0.2, 0.25) is 0 Å². The van der Waals surface area contributed by atoms with Crippen molar-refractivity contribution in [2.75, 3.05) is 9.44 Å². The molecule has 0 spiro atoms. The number of aromatic carboxylic acids is 1. The number of aromatic nitrogens is 1. The molecule has 0 fully saturated rings. The van der Waals surface area contributed by atoms with Crippen LogP contribution in [0.3, 0.4) is 0 Å². The number of sulfonamides is 2. The van der Waals surface area contributed by atoms with Crippen LogP contribution in [0.4, 0.5) is 10.8 Å². The molecule has 4 aromatic rings. The van der Waals surface area contributed by atoms with Gasteiger partial charge in [0, 0.05) is 16.0 Å². The molecule has 0 unspecified atom stereocenters. The summed E-state index contributed by atoms with van der Waals surface area (Å²) in [6, 6.07) is 15.4. The minimum Gasteiger partial charge on any atom is -0.478 e. The van der Waals surface area contributed by atoms with E-state index >= 15 is 0 Å². The van der Waals surface area contributed by atoms with Crippen LogP contribution in [-0.2, 0) is 20.0 Å². The Balaban J connectivity index is 1.62. The van der Waals surface area contributed by atoms with Gasteiger partial charge in [0.1, 0.15) is 4.90 Å². The van der Waals surface area contributed by atoms with Crippen LogP contribution in [0.5, 0.6) is 0 Å². The maximum Gasteiger partial charge on any atom is 0.335 e. The van der Waals surface area contributed by atoms with E-state index in [4.69, 9.17) is 28.3 Å². The highest BCUT2D eigenvalue weighted by Gasteiger charge is 2.23. The normalized spacial score (nSPS) is 11.7. The molecule has 186 valence electrons. The van der Waals surface area contributed by atoms with E-state index in [-0.39, 0.29) is 26.3 Å². The van der Waals surface area contributed by atoms with Crippen molar-refractivity contribution in [3.05, 3.63) is 87.7 Å². The minimum atomic E-state index is -4.27. The van der Waals surface area contributed by atoms with Crippen molar-refractivity contribution in [2.45, 2.75) is 9.79 Å². The third-order valence-electron chi connectivity index (χ3n) is 4.76. The first-order chi connectivity index (χ1) is 17.0. The highest BCUT2D eigenvalue weighted by molar-refractivity contribution is 7.93. The lowest BCUT2D eigenvalue weighted by molar-refractivity contribution is 0.0696. The second-order valence-corrected chi connectivity index (χ2v) is 12.2. The van der Waals surface area contributed by atoms with Crippen molar-refractivity contribution < 1.29 is 26.7 Å². The van der Waals surface area contributed by atoms with Crippen LogP contribution >= 0.6 is 34.5 Å². The van der Waals surface area contributed by atoms with Crippen molar-refractivity contribution in [1.82, 2.24) is 4.98 Å². The number of halogens is 2. The van der Waals surface area contributed by atoms with Crippen LogP contribution in [0, 0.1) is 0 Å². The summed E-state index contributed by atoms with van der Waals surface area (Å²) in [6.45, 7) is 0. The minimum absolute atomic E-state index is 0.00824. The van der Waals surface area contributed by atoms with E-state index in [9.17, 15) is 21.6 Å². The van der Waals surface area contributed by atoms with Crippen LogP contribution in [0.25, 0.3) is 11.3 Å². The fourth-order valence-corrected chi connectivity index (χ4v) is 6.77. The lowest BCUT2D eigenvalue weighted by atomic mass is 10.1. The third-order valence-corrected chi connectivity index (χ3v) is 9.11. The summed E-state index contributed by atoms with van der Waals surface area (Å²) >= 11 is 12.8. The fourth-order valence-electron chi connectivity index (χ4n) is 3.07. The summed E-state index contributed by atoms with van der Waals surface area (Å²) < 4.78 is 56.2. The second-order valence-electron chi connectivity index (χ2n) is 7.20. The second kappa shape index (κ2) is 10.1. The number of carboxylic acid groups (broad SMARTS) is 1. The molecule has 0 aliphatic heterocycles. The van der Waals surface area contributed by atoms with Crippen molar-refractivity contribution >= 4 is 71.4 Å². The van der Waals surface area contributed by atoms with E-state index in [0.29, 0.717) is 16.3 Å². The number of nitrogens with zero attached hydrogens (tertiary/aromatic N) is 1. The zero-order valence-corrected chi connectivity index (χ0v) is 21.8. The van der Waals surface area contributed by atoms with Gasteiger partial charge in [0.15, 0.2) is 5.13 Å². The highest BCUT2D eigenvalue weighted by Crippen LogP contribution is 2.33. The lowest BCUT2D eigenvalue weighted by Gasteiger charge is -2.11. The Morgan fingerprint density at radius 2 is 1.58 bits per heavy atom. The average molecular weight is 584 g/mol. The Labute approximate surface area is 220 Å². The summed E-state index contributed by atoms with van der Waals surface area (Å²) in [5, 5.41) is 10.9. The Kier molecular flexibility index (Phi) is 7.25. The number of hydrogen-bond donors (Lipinski definition) is 3. The number of nitrogens with one attached hydrogen (secondary N) is 2. The molecular formula is C22H15Cl2N3O6S3. The molecule has 0 saturated heterocycles. The molecule has 0 amide bonds. The summed E-state index contributed by atoms with van der Waals surface area (Å²) in [6.07, 6.45) is 0. The number of hydrogen-bond acceptors (Lipinski definition) is 7. The van der Waals surface area contributed by atoms with Gasteiger partial charge in [-0.05, 0) is 48.5 Å². The molecule has 9 nitrogen and oxygen atoms in total. The van der Waals surface area contributed by atoms with Crippen LogP contribution in [0.15, 0.2) is 81.9 Å². The van der Waals surface area contributed by atoms with E-state index in [2.05, 4.69) is 14.4 Å². The van der Waals surface area contributed by atoms with Crippen LogP contribution in [-0.4, -0.2) is 32.9 Å². The fraction of sp³-hybridized carbons (Fsp3) is 0. The Hall–Kier alpha value is -3.16. The summed E-state index contributed by atoms with van der Waals surface area (Å²) in [4.78, 5) is 15.1. The number of benzene rings is 3. The largest absolute Gasteiger partial charge is 0.478 e. The van der Waals surface area contributed by atoms with Gasteiger partial charge in [-0.15, -0.1) is 11.3 Å². The first-order valence-electron chi connectivity index (χ1n) is 9.85. The zero-order valence-electron chi connectivity index (χ0n) is 17.8. The maximum absolute atomic E-state index is 12.9. The molecule has 4 rings (SSSR count). The van der Waals surface area contributed by atoms with Crippen LogP contribution in [0.2, 0.25) is 10.0 Å². The predicted octanol–water partition coefficient (Wildman–Crippen LogP) is 5.42. The number of para-hydroxylation sites is 1. The molecule has 0 radical (unpaired) electrons. The van der Waals surface area contributed by atoms with Gasteiger partial charge in [0.05, 0.1) is 26.9 Å². The lowest BCUT2D eigenvalue weighted by Crippen LogP contribution is -2.14. The van der Waals surface area contributed by atoms with E-state index < -0.39 is 30.9 Å². The van der Waals surface area contributed by atoms with E-state index in [1.54, 1.807) is 29.6 Å². The van der Waals surface area contributed by atoms with Gasteiger partial charge in [-0.3, -0.25) is 9.44 Å². The van der Waals surface area contributed by atoms with Crippen molar-refractivity contribution in [3.8, 4) is 11.3 Å². The smallest absolute Gasteiger partial charge is 0.335 e. The monoisotopic (exact) mass is 583 g/mol. The SMILES string of the molecule is O=C(O)c1ccc(Cl)c(S(=O)(=O)Nc2nc(-c3ccccc3NS(=O)(=O)c3ccc(Cl)cc3)cs2)c1. The first kappa shape index (κ1) is 25.9. The average Bonchev–Trinajstić information content (AvgIpc) is 3.27. The van der Waals surface area contributed by atoms with Gasteiger partial charge >= 0.3 is 5.97 Å². The van der Waals surface area contributed by atoms with Gasteiger partial charge in [-0.1, -0.05) is 41.4 Å². The van der Waals surface area contributed by atoms with Gasteiger partial charge in [0.25, 0.3) is 20.0 Å². The first-order valence-corrected chi connectivity index (χ1v) is 14.5. The van der Waals surface area contributed by atoms with Crippen LogP contribution in [0.1, 0.15) is 10.4 Å². The molecule has 0 aliphatic rings. The Morgan fingerprint density at radius 1 is 0.889 bits per heavy atom. The molecular weight excluding hydrogens is 569 g/mol. The van der Waals surface area contributed by atoms with Crippen molar-refractivity contribution in [1.29, 1.82) is 0 Å². The van der Waals surface area contributed by atoms with Gasteiger partial charge < -0.3 is 5.11 Å². The molecule has 1 aromatic heterocycles. The van der Waals surface area contributed by atoms with Crippen LogP contribution < -0.4 is 9.44 Å². The Morgan fingerprint density at radius 3 is 2.28 bits per heavy atom.